The third kappa shape index (κ3) is 3.51. The highest BCUT2D eigenvalue weighted by molar-refractivity contribution is 7.99. The van der Waals surface area contributed by atoms with Crippen molar-refractivity contribution in [2.75, 3.05) is 18.6 Å². The molecule has 1 N–H and O–H groups in total. The largest absolute Gasteiger partial charge is 0.467 e. The number of carbonyl (C=O) groups is 1. The molecular formula is C12H17NO3S. The van der Waals surface area contributed by atoms with E-state index in [4.69, 9.17) is 4.42 Å². The van der Waals surface area contributed by atoms with E-state index in [1.54, 1.807) is 6.07 Å². The van der Waals surface area contributed by atoms with Gasteiger partial charge in [0.05, 0.1) is 19.2 Å². The first-order valence-electron chi connectivity index (χ1n) is 5.76. The Morgan fingerprint density at radius 3 is 3.06 bits per heavy atom. The van der Waals surface area contributed by atoms with E-state index in [0.717, 1.165) is 5.76 Å². The number of hydrogen-bond donors (Lipinski definition) is 1. The highest BCUT2D eigenvalue weighted by atomic mass is 32.2. The van der Waals surface area contributed by atoms with E-state index < -0.39 is 0 Å². The molecule has 0 amide bonds. The number of rotatable bonds is 4. The molecule has 0 radical (unpaired) electrons. The molecule has 4 nitrogen and oxygen atoms in total. The van der Waals surface area contributed by atoms with Crippen molar-refractivity contribution in [2.24, 2.45) is 0 Å². The average molecular weight is 255 g/mol. The van der Waals surface area contributed by atoms with Crippen LogP contribution in [0.25, 0.3) is 0 Å². The number of methoxy groups -OCH3 is 1. The molecule has 0 aromatic carbocycles. The summed E-state index contributed by atoms with van der Waals surface area (Å²) in [5, 5.41) is 3.45. The summed E-state index contributed by atoms with van der Waals surface area (Å²) in [7, 11) is 1.37. The summed E-state index contributed by atoms with van der Waals surface area (Å²) in [6, 6.07) is 2.30. The van der Waals surface area contributed by atoms with Crippen LogP contribution in [0.15, 0.2) is 16.7 Å². The van der Waals surface area contributed by atoms with E-state index in [2.05, 4.69) is 10.1 Å². The van der Waals surface area contributed by atoms with Crippen LogP contribution >= 0.6 is 11.8 Å². The van der Waals surface area contributed by atoms with Gasteiger partial charge < -0.3 is 14.5 Å². The van der Waals surface area contributed by atoms with Crippen LogP contribution in [0.2, 0.25) is 0 Å². The molecule has 1 fully saturated rings. The Morgan fingerprint density at radius 2 is 2.35 bits per heavy atom. The number of nitrogens with one attached hydrogen (secondary N) is 1. The fourth-order valence-electron chi connectivity index (χ4n) is 1.84. The standard InChI is InChI=1S/C12H17NO3S/c1-15-12(14)9-6-11(16-8-9)7-13-10-2-4-17-5-3-10/h6,8,10,13H,2-5,7H2,1H3. The van der Waals surface area contributed by atoms with Gasteiger partial charge >= 0.3 is 5.97 Å². The summed E-state index contributed by atoms with van der Waals surface area (Å²) in [6.45, 7) is 0.673. The first kappa shape index (κ1) is 12.5. The summed E-state index contributed by atoms with van der Waals surface area (Å²) in [4.78, 5) is 11.2. The molecule has 94 valence electrons. The predicted octanol–water partition coefficient (Wildman–Crippen LogP) is 2.05. The summed E-state index contributed by atoms with van der Waals surface area (Å²) in [5.41, 5.74) is 0.475. The minimum Gasteiger partial charge on any atom is -0.467 e. The van der Waals surface area contributed by atoms with Crippen molar-refractivity contribution in [2.45, 2.75) is 25.4 Å². The minimum absolute atomic E-state index is 0.353. The summed E-state index contributed by atoms with van der Waals surface area (Å²) in [5.74, 6) is 2.88. The van der Waals surface area contributed by atoms with Crippen LogP contribution in [0.5, 0.6) is 0 Å². The van der Waals surface area contributed by atoms with E-state index in [0.29, 0.717) is 18.2 Å². The average Bonchev–Trinajstić information content (AvgIpc) is 2.85. The zero-order valence-electron chi connectivity index (χ0n) is 9.90. The van der Waals surface area contributed by atoms with Gasteiger partial charge in [-0.1, -0.05) is 0 Å². The molecule has 0 bridgehead atoms. The van der Waals surface area contributed by atoms with Crippen LogP contribution in [0.1, 0.15) is 29.0 Å². The lowest BCUT2D eigenvalue weighted by atomic mass is 10.1. The van der Waals surface area contributed by atoms with E-state index in [9.17, 15) is 4.79 Å². The maximum Gasteiger partial charge on any atom is 0.341 e. The predicted molar refractivity (Wildman–Crippen MR) is 67.2 cm³/mol. The second kappa shape index (κ2) is 6.12. The van der Waals surface area contributed by atoms with Crippen LogP contribution < -0.4 is 5.32 Å². The van der Waals surface area contributed by atoms with Gasteiger partial charge in [0, 0.05) is 6.04 Å². The lowest BCUT2D eigenvalue weighted by Gasteiger charge is -2.21. The van der Waals surface area contributed by atoms with E-state index in [1.165, 1.54) is 37.7 Å². The highest BCUT2D eigenvalue weighted by Crippen LogP contribution is 2.17. The van der Waals surface area contributed by atoms with Crippen molar-refractivity contribution in [3.63, 3.8) is 0 Å². The molecule has 5 heteroatoms. The number of carbonyl (C=O) groups excluding carboxylic acids is 1. The summed E-state index contributed by atoms with van der Waals surface area (Å²) in [6.07, 6.45) is 3.85. The van der Waals surface area contributed by atoms with Gasteiger partial charge in [0.1, 0.15) is 12.0 Å². The summed E-state index contributed by atoms with van der Waals surface area (Å²) < 4.78 is 9.93. The molecule has 1 aromatic heterocycles. The monoisotopic (exact) mass is 255 g/mol. The van der Waals surface area contributed by atoms with Crippen molar-refractivity contribution in [1.29, 1.82) is 0 Å². The molecule has 1 saturated heterocycles. The molecule has 0 unspecified atom stereocenters. The van der Waals surface area contributed by atoms with Crippen molar-refractivity contribution in [3.05, 3.63) is 23.7 Å². The lowest BCUT2D eigenvalue weighted by Crippen LogP contribution is -2.31. The van der Waals surface area contributed by atoms with E-state index in [-0.39, 0.29) is 5.97 Å². The molecule has 2 heterocycles. The number of furan rings is 1. The number of hydrogen-bond acceptors (Lipinski definition) is 5. The molecule has 1 aliphatic heterocycles. The first-order chi connectivity index (χ1) is 8.29. The molecule has 0 atom stereocenters. The minimum atomic E-state index is -0.353. The number of thioether (sulfide) groups is 1. The SMILES string of the molecule is COC(=O)c1coc(CNC2CCSCC2)c1. The quantitative estimate of drug-likeness (QED) is 0.834. The summed E-state index contributed by atoms with van der Waals surface area (Å²) >= 11 is 2.01. The lowest BCUT2D eigenvalue weighted by molar-refractivity contribution is 0.0600. The Morgan fingerprint density at radius 1 is 1.59 bits per heavy atom. The second-order valence-corrected chi connectivity index (χ2v) is 5.29. The van der Waals surface area contributed by atoms with Gasteiger partial charge in [-0.15, -0.1) is 0 Å². The molecule has 2 rings (SSSR count). The van der Waals surface area contributed by atoms with Gasteiger partial charge in [0.15, 0.2) is 0 Å². The molecular weight excluding hydrogens is 238 g/mol. The number of ether oxygens (including phenoxy) is 1. The van der Waals surface area contributed by atoms with Gasteiger partial charge in [0.2, 0.25) is 0 Å². The maximum atomic E-state index is 11.2. The Bertz CT molecular complexity index is 372. The fraction of sp³-hybridized carbons (Fsp3) is 0.583. The van der Waals surface area contributed by atoms with E-state index >= 15 is 0 Å². The zero-order chi connectivity index (χ0) is 12.1. The van der Waals surface area contributed by atoms with Gasteiger partial charge in [-0.05, 0) is 30.4 Å². The Kier molecular flexibility index (Phi) is 4.50. The van der Waals surface area contributed by atoms with Crippen LogP contribution in [-0.2, 0) is 11.3 Å². The zero-order valence-corrected chi connectivity index (χ0v) is 10.7. The van der Waals surface area contributed by atoms with Gasteiger partial charge in [-0.3, -0.25) is 0 Å². The van der Waals surface area contributed by atoms with Crippen LogP contribution in [0.4, 0.5) is 0 Å². The van der Waals surface area contributed by atoms with Crippen molar-refractivity contribution in [3.8, 4) is 0 Å². The van der Waals surface area contributed by atoms with Gasteiger partial charge in [-0.25, -0.2) is 4.79 Å². The number of esters is 1. The van der Waals surface area contributed by atoms with Crippen molar-refractivity contribution < 1.29 is 13.9 Å². The molecule has 1 aliphatic rings. The van der Waals surface area contributed by atoms with Crippen molar-refractivity contribution in [1.82, 2.24) is 5.32 Å². The fourth-order valence-corrected chi connectivity index (χ4v) is 2.95. The van der Waals surface area contributed by atoms with Gasteiger partial charge in [-0.2, -0.15) is 11.8 Å². The molecule has 0 saturated carbocycles. The van der Waals surface area contributed by atoms with Crippen LogP contribution in [0, 0.1) is 0 Å². The van der Waals surface area contributed by atoms with Crippen molar-refractivity contribution >= 4 is 17.7 Å². The Hall–Kier alpha value is -0.940. The second-order valence-electron chi connectivity index (χ2n) is 4.06. The normalized spacial score (nSPS) is 17.0. The molecule has 0 aliphatic carbocycles. The Labute approximate surface area is 105 Å². The molecule has 1 aromatic rings. The maximum absolute atomic E-state index is 11.2. The topological polar surface area (TPSA) is 51.5 Å². The Balaban J connectivity index is 1.82. The van der Waals surface area contributed by atoms with Crippen LogP contribution in [-0.4, -0.2) is 30.6 Å². The van der Waals surface area contributed by atoms with E-state index in [1.807, 2.05) is 11.8 Å². The third-order valence-corrected chi connectivity index (χ3v) is 3.91. The van der Waals surface area contributed by atoms with Crippen LogP contribution in [0.3, 0.4) is 0 Å². The van der Waals surface area contributed by atoms with Gasteiger partial charge in [0.25, 0.3) is 0 Å². The molecule has 0 spiro atoms. The molecule has 17 heavy (non-hydrogen) atoms. The third-order valence-electron chi connectivity index (χ3n) is 2.86. The first-order valence-corrected chi connectivity index (χ1v) is 6.92. The smallest absolute Gasteiger partial charge is 0.341 e. The highest BCUT2D eigenvalue weighted by Gasteiger charge is 2.14.